The molecule has 0 aliphatic heterocycles. The summed E-state index contributed by atoms with van der Waals surface area (Å²) in [5.41, 5.74) is 1.70. The van der Waals surface area contributed by atoms with Gasteiger partial charge in [0.05, 0.1) is 5.56 Å². The van der Waals surface area contributed by atoms with Crippen molar-refractivity contribution in [3.63, 3.8) is 0 Å². The van der Waals surface area contributed by atoms with Gasteiger partial charge in [-0.1, -0.05) is 13.8 Å². The molecule has 0 bridgehead atoms. The maximum absolute atomic E-state index is 11.6. The summed E-state index contributed by atoms with van der Waals surface area (Å²) in [7, 11) is 0. The van der Waals surface area contributed by atoms with Crippen molar-refractivity contribution in [2.75, 3.05) is 0 Å². The molecular weight excluding hydrogens is 178 g/mol. The molecule has 0 radical (unpaired) electrons. The molecule has 14 heavy (non-hydrogen) atoms. The number of aromatic amines is 1. The van der Waals surface area contributed by atoms with Gasteiger partial charge >= 0.3 is 0 Å². The molecule has 1 rings (SSSR count). The first-order valence-electron chi connectivity index (χ1n) is 4.86. The third kappa shape index (κ3) is 1.92. The van der Waals surface area contributed by atoms with Crippen LogP contribution in [0.1, 0.15) is 42.0 Å². The second-order valence-electron chi connectivity index (χ2n) is 3.29. The van der Waals surface area contributed by atoms with Crippen LogP contribution in [0.5, 0.6) is 0 Å². The topological polar surface area (TPSA) is 49.9 Å². The number of Topliss-reactive ketones (excluding diaryl/α,β-unsaturated/α-hetero) is 1. The smallest absolute Gasteiger partial charge is 0.192 e. The maximum atomic E-state index is 11.6. The quantitative estimate of drug-likeness (QED) is 0.744. The molecule has 3 heteroatoms. The summed E-state index contributed by atoms with van der Waals surface area (Å²) in [5, 5.41) is 0. The zero-order valence-electron chi connectivity index (χ0n) is 8.81. The summed E-state index contributed by atoms with van der Waals surface area (Å²) in [6, 6.07) is 1.51. The van der Waals surface area contributed by atoms with E-state index in [4.69, 9.17) is 0 Å². The molecule has 0 spiro atoms. The van der Waals surface area contributed by atoms with Crippen molar-refractivity contribution in [2.24, 2.45) is 0 Å². The third-order valence-electron chi connectivity index (χ3n) is 2.26. The molecule has 1 N–H and O–H groups in total. The number of carbonyl (C=O) groups is 1. The molecule has 0 saturated carbocycles. The molecule has 0 aliphatic rings. The summed E-state index contributed by atoms with van der Waals surface area (Å²) < 4.78 is 0. The Kier molecular flexibility index (Phi) is 3.23. The van der Waals surface area contributed by atoms with Gasteiger partial charge in [0.2, 0.25) is 0 Å². The molecule has 1 aromatic rings. The van der Waals surface area contributed by atoms with Gasteiger partial charge in [0.15, 0.2) is 11.2 Å². The predicted octanol–water partition coefficient (Wildman–Crippen LogP) is 1.84. The van der Waals surface area contributed by atoms with E-state index in [0.717, 1.165) is 12.1 Å². The molecule has 1 heterocycles. The van der Waals surface area contributed by atoms with Gasteiger partial charge in [-0.15, -0.1) is 0 Å². The van der Waals surface area contributed by atoms with Crippen LogP contribution in [0.25, 0.3) is 0 Å². The number of pyridine rings is 1. The lowest BCUT2D eigenvalue weighted by atomic mass is 10.1. The largest absolute Gasteiger partial charge is 0.362 e. The number of aryl methyl sites for hydroxylation is 2. The highest BCUT2D eigenvalue weighted by Gasteiger charge is 2.12. The fourth-order valence-electron chi connectivity index (χ4n) is 1.47. The maximum Gasteiger partial charge on any atom is 0.192 e. The Morgan fingerprint density at radius 2 is 2.07 bits per heavy atom. The van der Waals surface area contributed by atoms with E-state index >= 15 is 0 Å². The molecular formula is C11H15NO2. The van der Waals surface area contributed by atoms with Gasteiger partial charge in [0, 0.05) is 23.9 Å². The van der Waals surface area contributed by atoms with Gasteiger partial charge in [-0.2, -0.15) is 0 Å². The second-order valence-corrected chi connectivity index (χ2v) is 3.29. The first-order chi connectivity index (χ1) is 6.60. The molecule has 1 aromatic heterocycles. The zero-order chi connectivity index (χ0) is 10.7. The fraction of sp³-hybridized carbons (Fsp3) is 0.455. The number of nitrogens with one attached hydrogen (secondary N) is 1. The first kappa shape index (κ1) is 10.7. The Morgan fingerprint density at radius 3 is 2.50 bits per heavy atom. The van der Waals surface area contributed by atoms with Crippen LogP contribution in [0.3, 0.4) is 0 Å². The van der Waals surface area contributed by atoms with Crippen LogP contribution in [0, 0.1) is 6.92 Å². The lowest BCUT2D eigenvalue weighted by Crippen LogP contribution is -2.18. The monoisotopic (exact) mass is 193 g/mol. The molecule has 76 valence electrons. The molecule has 0 aliphatic carbocycles. The lowest BCUT2D eigenvalue weighted by Gasteiger charge is -2.05. The normalized spacial score (nSPS) is 10.2. The number of rotatable bonds is 3. The minimum Gasteiger partial charge on any atom is -0.362 e. The van der Waals surface area contributed by atoms with Crippen LogP contribution in [0.4, 0.5) is 0 Å². The highest BCUT2D eigenvalue weighted by atomic mass is 16.1. The molecule has 3 nitrogen and oxygen atoms in total. The Balaban J connectivity index is 3.33. The van der Waals surface area contributed by atoms with Gasteiger partial charge < -0.3 is 4.98 Å². The predicted molar refractivity (Wildman–Crippen MR) is 55.8 cm³/mol. The highest BCUT2D eigenvalue weighted by molar-refractivity contribution is 5.96. The molecule has 0 aromatic carbocycles. The first-order valence-corrected chi connectivity index (χ1v) is 4.86. The standard InChI is InChI=1S/C11H15NO2/c1-4-8-6-10(14)11(7(3)12-8)9(13)5-2/h6H,4-5H2,1-3H3,(H,12,14). The number of ketones is 1. The number of hydrogen-bond donors (Lipinski definition) is 1. The van der Waals surface area contributed by atoms with Crippen molar-refractivity contribution in [3.8, 4) is 0 Å². The third-order valence-corrected chi connectivity index (χ3v) is 2.26. The Morgan fingerprint density at radius 1 is 1.43 bits per heavy atom. The summed E-state index contributed by atoms with van der Waals surface area (Å²) in [6.07, 6.45) is 1.14. The SMILES string of the molecule is CCC(=O)c1c(C)[nH]c(CC)cc1=O. The van der Waals surface area contributed by atoms with E-state index in [1.165, 1.54) is 6.07 Å². The van der Waals surface area contributed by atoms with Crippen LogP contribution in [0.2, 0.25) is 0 Å². The van der Waals surface area contributed by atoms with Crippen LogP contribution in [0.15, 0.2) is 10.9 Å². The minimum atomic E-state index is -0.162. The van der Waals surface area contributed by atoms with Crippen LogP contribution in [-0.2, 0) is 6.42 Å². The average molecular weight is 193 g/mol. The average Bonchev–Trinajstić information content (AvgIpc) is 2.16. The van der Waals surface area contributed by atoms with Gasteiger partial charge in [0.25, 0.3) is 0 Å². The van der Waals surface area contributed by atoms with E-state index in [2.05, 4.69) is 4.98 Å². The lowest BCUT2D eigenvalue weighted by molar-refractivity contribution is 0.0986. The van der Waals surface area contributed by atoms with Crippen LogP contribution in [-0.4, -0.2) is 10.8 Å². The van der Waals surface area contributed by atoms with E-state index in [-0.39, 0.29) is 11.2 Å². The Labute approximate surface area is 83.2 Å². The second kappa shape index (κ2) is 4.22. The number of aromatic nitrogens is 1. The van der Waals surface area contributed by atoms with Gasteiger partial charge in [-0.05, 0) is 13.3 Å². The summed E-state index contributed by atoms with van der Waals surface area (Å²) in [5.74, 6) is -0.0913. The number of H-pyrrole nitrogens is 1. The van der Waals surface area contributed by atoms with Crippen molar-refractivity contribution in [1.82, 2.24) is 4.98 Å². The van der Waals surface area contributed by atoms with Gasteiger partial charge in [-0.25, -0.2) is 0 Å². The van der Waals surface area contributed by atoms with Gasteiger partial charge in [0.1, 0.15) is 0 Å². The summed E-state index contributed by atoms with van der Waals surface area (Å²) in [4.78, 5) is 26.1. The van der Waals surface area contributed by atoms with Crippen LogP contribution < -0.4 is 5.43 Å². The van der Waals surface area contributed by atoms with E-state index in [1.54, 1.807) is 13.8 Å². The minimum absolute atomic E-state index is 0.0913. The fourth-order valence-corrected chi connectivity index (χ4v) is 1.47. The molecule has 0 amide bonds. The number of carbonyl (C=O) groups excluding carboxylic acids is 1. The molecule has 0 atom stereocenters. The Bertz CT molecular complexity index is 404. The highest BCUT2D eigenvalue weighted by Crippen LogP contribution is 2.04. The van der Waals surface area contributed by atoms with Gasteiger partial charge in [-0.3, -0.25) is 9.59 Å². The van der Waals surface area contributed by atoms with E-state index in [9.17, 15) is 9.59 Å². The van der Waals surface area contributed by atoms with Crippen molar-refractivity contribution in [2.45, 2.75) is 33.6 Å². The van der Waals surface area contributed by atoms with Crippen molar-refractivity contribution in [3.05, 3.63) is 33.2 Å². The zero-order valence-corrected chi connectivity index (χ0v) is 8.81. The van der Waals surface area contributed by atoms with Crippen molar-refractivity contribution < 1.29 is 4.79 Å². The van der Waals surface area contributed by atoms with Crippen molar-refractivity contribution in [1.29, 1.82) is 0 Å². The molecule has 0 unspecified atom stereocenters. The van der Waals surface area contributed by atoms with E-state index in [0.29, 0.717) is 17.7 Å². The molecule has 0 fully saturated rings. The van der Waals surface area contributed by atoms with Crippen LogP contribution >= 0.6 is 0 Å². The van der Waals surface area contributed by atoms with Crippen molar-refractivity contribution >= 4 is 5.78 Å². The summed E-state index contributed by atoms with van der Waals surface area (Å²) in [6.45, 7) is 5.49. The molecule has 0 saturated heterocycles. The summed E-state index contributed by atoms with van der Waals surface area (Å²) >= 11 is 0. The van der Waals surface area contributed by atoms with E-state index < -0.39 is 0 Å². The number of hydrogen-bond acceptors (Lipinski definition) is 2. The Hall–Kier alpha value is -1.38. The van der Waals surface area contributed by atoms with E-state index in [1.807, 2.05) is 6.92 Å².